The molecule has 1 aromatic carbocycles. The molecule has 0 saturated carbocycles. The number of ketones is 1. The molecule has 1 N–H and O–H groups in total. The molecule has 2 aliphatic rings. The number of halogens is 1. The first kappa shape index (κ1) is 22.1. The number of dihydropyridines is 1. The summed E-state index contributed by atoms with van der Waals surface area (Å²) in [6.07, 6.45) is 4.25. The van der Waals surface area contributed by atoms with Gasteiger partial charge in [-0.05, 0) is 59.4 Å². The quantitative estimate of drug-likeness (QED) is 0.308. The van der Waals surface area contributed by atoms with Crippen molar-refractivity contribution in [3.05, 3.63) is 55.9 Å². The van der Waals surface area contributed by atoms with Gasteiger partial charge in [0.25, 0.3) is 0 Å². The Labute approximate surface area is 187 Å². The molecule has 1 aliphatic heterocycles. The highest BCUT2D eigenvalue weighted by Gasteiger charge is 2.43. The van der Waals surface area contributed by atoms with E-state index < -0.39 is 0 Å². The highest BCUT2D eigenvalue weighted by Crippen LogP contribution is 2.47. The molecule has 0 unspecified atom stereocenters. The molecule has 0 bridgehead atoms. The lowest BCUT2D eigenvalue weighted by Gasteiger charge is -2.39. The normalized spacial score (nSPS) is 21.0. The molecule has 1 heterocycles. The molecule has 0 saturated heterocycles. The largest absolute Gasteiger partial charge is 0.462 e. The van der Waals surface area contributed by atoms with E-state index in [1.807, 2.05) is 31.2 Å². The Morgan fingerprint density at radius 1 is 1.24 bits per heavy atom. The predicted molar refractivity (Wildman–Crippen MR) is 123 cm³/mol. The summed E-state index contributed by atoms with van der Waals surface area (Å²) in [6, 6.07) is 7.99. The van der Waals surface area contributed by atoms with E-state index in [1.165, 1.54) is 0 Å². The molecule has 0 fully saturated rings. The minimum atomic E-state index is -0.373. The third kappa shape index (κ3) is 4.76. The number of nitrogens with one attached hydrogen (secondary N) is 1. The van der Waals surface area contributed by atoms with Gasteiger partial charge < -0.3 is 10.1 Å². The number of esters is 1. The number of benzene rings is 1. The summed E-state index contributed by atoms with van der Waals surface area (Å²) in [6.45, 7) is 8.69. The maximum absolute atomic E-state index is 13.2. The first-order chi connectivity index (χ1) is 13.7. The zero-order valence-electron chi connectivity index (χ0n) is 17.7. The average molecular weight is 507 g/mol. The zero-order valence-corrected chi connectivity index (χ0v) is 19.9. The van der Waals surface area contributed by atoms with Crippen LogP contribution in [-0.4, -0.2) is 18.4 Å². The summed E-state index contributed by atoms with van der Waals surface area (Å²) in [5.74, 6) is -0.571. The van der Waals surface area contributed by atoms with Crippen LogP contribution >= 0.6 is 22.6 Å². The molecule has 0 aromatic heterocycles. The van der Waals surface area contributed by atoms with Gasteiger partial charge in [0.05, 0.1) is 12.2 Å². The van der Waals surface area contributed by atoms with E-state index in [1.54, 1.807) is 0 Å². The second-order valence-corrected chi connectivity index (χ2v) is 9.96. The van der Waals surface area contributed by atoms with Gasteiger partial charge in [-0.25, -0.2) is 4.79 Å². The number of allylic oxidation sites excluding steroid dienone is 3. The van der Waals surface area contributed by atoms with Gasteiger partial charge in [0, 0.05) is 32.9 Å². The number of hydrogen-bond donors (Lipinski definition) is 1. The number of carbonyl (C=O) groups excluding carboxylic acids is 2. The maximum Gasteiger partial charge on any atom is 0.336 e. The second kappa shape index (κ2) is 9.02. The molecule has 29 heavy (non-hydrogen) atoms. The Balaban J connectivity index is 2.05. The molecule has 0 amide bonds. The van der Waals surface area contributed by atoms with Gasteiger partial charge >= 0.3 is 5.97 Å². The van der Waals surface area contributed by atoms with Crippen LogP contribution in [-0.2, 0) is 14.3 Å². The van der Waals surface area contributed by atoms with Gasteiger partial charge in [-0.2, -0.15) is 0 Å². The van der Waals surface area contributed by atoms with Crippen molar-refractivity contribution in [2.45, 2.75) is 65.7 Å². The second-order valence-electron chi connectivity index (χ2n) is 8.79. The van der Waals surface area contributed by atoms with E-state index in [0.29, 0.717) is 18.6 Å². The van der Waals surface area contributed by atoms with Crippen molar-refractivity contribution in [2.75, 3.05) is 6.61 Å². The maximum atomic E-state index is 13.2. The lowest BCUT2D eigenvalue weighted by molar-refractivity contribution is -0.139. The molecule has 1 aromatic rings. The van der Waals surface area contributed by atoms with Gasteiger partial charge in [0.15, 0.2) is 5.78 Å². The number of unbranched alkanes of at least 4 members (excludes halogenated alkanes) is 2. The zero-order chi connectivity index (χ0) is 21.2. The Kier molecular flexibility index (Phi) is 6.87. The minimum absolute atomic E-state index is 0.0875. The SMILES string of the molecule is CCCCCOC(=O)C1=C(C)NC2=C(C(=O)CC(C)(C)C2)[C@@H]1c1ccccc1I. The van der Waals surface area contributed by atoms with E-state index in [2.05, 4.69) is 48.7 Å². The van der Waals surface area contributed by atoms with Crippen LogP contribution in [0.2, 0.25) is 0 Å². The standard InChI is InChI=1S/C24H30INO3/c1-5-6-9-12-29-23(28)20-15(2)26-18-13-24(3,4)14-19(27)22(18)21(20)16-10-7-8-11-17(16)25/h7-8,10-11,21,26H,5-6,9,12-14H2,1-4H3/t21-/m1/s1. The Morgan fingerprint density at radius 2 is 1.97 bits per heavy atom. The summed E-state index contributed by atoms with van der Waals surface area (Å²) in [7, 11) is 0. The lowest BCUT2D eigenvalue weighted by Crippen LogP contribution is -2.39. The fraction of sp³-hybridized carbons (Fsp3) is 0.500. The molecule has 0 spiro atoms. The fourth-order valence-electron chi connectivity index (χ4n) is 4.32. The highest BCUT2D eigenvalue weighted by atomic mass is 127. The van der Waals surface area contributed by atoms with Crippen LogP contribution in [0, 0.1) is 8.99 Å². The third-order valence-corrected chi connectivity index (χ3v) is 6.64. The van der Waals surface area contributed by atoms with Crippen LogP contribution in [0.15, 0.2) is 46.8 Å². The van der Waals surface area contributed by atoms with Crippen molar-refractivity contribution in [3.8, 4) is 0 Å². The van der Waals surface area contributed by atoms with Gasteiger partial charge in [-0.1, -0.05) is 51.8 Å². The summed E-state index contributed by atoms with van der Waals surface area (Å²) < 4.78 is 6.68. The first-order valence-corrected chi connectivity index (χ1v) is 11.5. The van der Waals surface area contributed by atoms with Crippen molar-refractivity contribution in [1.82, 2.24) is 5.32 Å². The molecular formula is C24H30INO3. The Bertz CT molecular complexity index is 882. The highest BCUT2D eigenvalue weighted by molar-refractivity contribution is 14.1. The predicted octanol–water partition coefficient (Wildman–Crippen LogP) is 5.63. The topological polar surface area (TPSA) is 55.4 Å². The van der Waals surface area contributed by atoms with E-state index in [-0.39, 0.29) is 23.1 Å². The minimum Gasteiger partial charge on any atom is -0.462 e. The van der Waals surface area contributed by atoms with Crippen molar-refractivity contribution >= 4 is 34.3 Å². The van der Waals surface area contributed by atoms with Crippen molar-refractivity contribution in [2.24, 2.45) is 5.41 Å². The van der Waals surface area contributed by atoms with E-state index in [9.17, 15) is 9.59 Å². The molecule has 156 valence electrons. The van der Waals surface area contributed by atoms with Crippen LogP contribution in [0.25, 0.3) is 0 Å². The van der Waals surface area contributed by atoms with Gasteiger partial charge in [0.1, 0.15) is 0 Å². The van der Waals surface area contributed by atoms with Crippen molar-refractivity contribution in [1.29, 1.82) is 0 Å². The monoisotopic (exact) mass is 507 g/mol. The van der Waals surface area contributed by atoms with E-state index in [0.717, 1.165) is 51.8 Å². The molecule has 0 radical (unpaired) electrons. The molecular weight excluding hydrogens is 477 g/mol. The number of carbonyl (C=O) groups is 2. The van der Waals surface area contributed by atoms with Crippen molar-refractivity contribution < 1.29 is 14.3 Å². The van der Waals surface area contributed by atoms with Gasteiger partial charge in [-0.15, -0.1) is 0 Å². The van der Waals surface area contributed by atoms with Gasteiger partial charge in [0.2, 0.25) is 0 Å². The average Bonchev–Trinajstić information content (AvgIpc) is 2.63. The Morgan fingerprint density at radius 3 is 2.66 bits per heavy atom. The smallest absolute Gasteiger partial charge is 0.336 e. The number of hydrogen-bond acceptors (Lipinski definition) is 4. The van der Waals surface area contributed by atoms with Crippen LogP contribution in [0.5, 0.6) is 0 Å². The van der Waals surface area contributed by atoms with Gasteiger partial charge in [-0.3, -0.25) is 4.79 Å². The van der Waals surface area contributed by atoms with Crippen LogP contribution in [0.3, 0.4) is 0 Å². The van der Waals surface area contributed by atoms with E-state index >= 15 is 0 Å². The summed E-state index contributed by atoms with van der Waals surface area (Å²) in [4.78, 5) is 26.4. The first-order valence-electron chi connectivity index (χ1n) is 10.4. The molecule has 4 nitrogen and oxygen atoms in total. The third-order valence-electron chi connectivity index (χ3n) is 5.66. The number of ether oxygens (including phenoxy) is 1. The molecule has 1 atom stereocenters. The summed E-state index contributed by atoms with van der Waals surface area (Å²) in [5.41, 5.74) is 3.96. The summed E-state index contributed by atoms with van der Waals surface area (Å²) >= 11 is 2.29. The van der Waals surface area contributed by atoms with Crippen LogP contribution in [0.4, 0.5) is 0 Å². The Hall–Kier alpha value is -1.63. The lowest BCUT2D eigenvalue weighted by atomic mass is 9.68. The molecule has 3 rings (SSSR count). The molecule has 1 aliphatic carbocycles. The van der Waals surface area contributed by atoms with E-state index in [4.69, 9.17) is 4.74 Å². The van der Waals surface area contributed by atoms with Crippen molar-refractivity contribution in [3.63, 3.8) is 0 Å². The fourth-order valence-corrected chi connectivity index (χ4v) is 5.02. The summed E-state index contributed by atoms with van der Waals surface area (Å²) in [5, 5.41) is 3.39. The number of Topliss-reactive ketones (excluding diaryl/α,β-unsaturated/α-hetero) is 1. The van der Waals surface area contributed by atoms with Crippen LogP contribution < -0.4 is 5.32 Å². The number of rotatable bonds is 6. The molecule has 5 heteroatoms. The van der Waals surface area contributed by atoms with Crippen LogP contribution in [0.1, 0.15) is 71.3 Å².